The fourth-order valence-electron chi connectivity index (χ4n) is 1.96. The number of unbranched alkanes of at least 4 members (excludes halogenated alkanes) is 3. The number of aliphatic imine (C=N–C) groups is 1. The Morgan fingerprint density at radius 1 is 1.10 bits per heavy atom. The summed E-state index contributed by atoms with van der Waals surface area (Å²) in [6.07, 6.45) is 5.26. The quantitative estimate of drug-likeness (QED) is 0.358. The molecule has 1 heterocycles. The number of hydrogen-bond acceptors (Lipinski definition) is 6. The number of halogens is 1. The summed E-state index contributed by atoms with van der Waals surface area (Å²) in [6.45, 7) is 6.67. The van der Waals surface area contributed by atoms with Crippen LogP contribution in [0.2, 0.25) is 0 Å². The van der Waals surface area contributed by atoms with Crippen LogP contribution in [0.4, 0.5) is 0 Å². The highest BCUT2D eigenvalue weighted by Gasteiger charge is 2.27. The summed E-state index contributed by atoms with van der Waals surface area (Å²) in [6, 6.07) is 0. The zero-order chi connectivity index (χ0) is 14.3. The van der Waals surface area contributed by atoms with Gasteiger partial charge < -0.3 is 4.90 Å². The van der Waals surface area contributed by atoms with Crippen LogP contribution in [0.3, 0.4) is 0 Å². The Labute approximate surface area is 142 Å². The summed E-state index contributed by atoms with van der Waals surface area (Å²) >= 11 is 0. The number of hydrogen-bond donors (Lipinski definition) is 0. The third-order valence-corrected chi connectivity index (χ3v) is 5.76. The van der Waals surface area contributed by atoms with Gasteiger partial charge in [0.2, 0.25) is 0 Å². The summed E-state index contributed by atoms with van der Waals surface area (Å²) in [5.41, 5.74) is 0.216. The van der Waals surface area contributed by atoms with Gasteiger partial charge in [-0.1, -0.05) is 33.1 Å². The monoisotopic (exact) mass is 384 g/mol. The lowest BCUT2D eigenvalue weighted by atomic mass is 10.2. The van der Waals surface area contributed by atoms with Crippen molar-refractivity contribution in [2.24, 2.45) is 4.99 Å². The van der Waals surface area contributed by atoms with Crippen molar-refractivity contribution in [3.05, 3.63) is 0 Å². The van der Waals surface area contributed by atoms with E-state index in [1.165, 1.54) is 25.7 Å². The third-order valence-electron chi connectivity index (χ3n) is 3.21. The van der Waals surface area contributed by atoms with Crippen molar-refractivity contribution in [2.45, 2.75) is 45.0 Å². The normalized spacial score (nSPS) is 18.4. The number of nitrogens with zero attached hydrogens (tertiary/aromatic N) is 4. The fraction of sp³-hybridized carbons (Fsp3) is 0.923. The van der Waals surface area contributed by atoms with Crippen molar-refractivity contribution >= 4 is 43.7 Å². The first-order valence-corrected chi connectivity index (χ1v) is 9.37. The van der Waals surface area contributed by atoms with Crippen LogP contribution >= 0.6 is 38.6 Å². The minimum Gasteiger partial charge on any atom is -0.357 e. The van der Waals surface area contributed by atoms with Crippen molar-refractivity contribution < 1.29 is 0 Å². The summed E-state index contributed by atoms with van der Waals surface area (Å²) in [5, 5.41) is 5.82. The molecule has 0 bridgehead atoms. The summed E-state index contributed by atoms with van der Waals surface area (Å²) < 4.78 is 0. The SMILES string of the molecule is Br.CCCCCCN(CC)N(C)C1N=C(N(C)C)SS1. The largest absolute Gasteiger partial charge is 0.357 e. The van der Waals surface area contributed by atoms with E-state index in [9.17, 15) is 0 Å². The molecule has 1 aliphatic rings. The van der Waals surface area contributed by atoms with Gasteiger partial charge in [0.25, 0.3) is 0 Å². The number of rotatable bonds is 8. The van der Waals surface area contributed by atoms with Crippen LogP contribution in [0.15, 0.2) is 4.99 Å². The Morgan fingerprint density at radius 2 is 1.80 bits per heavy atom. The fourth-order valence-corrected chi connectivity index (χ4v) is 4.49. The summed E-state index contributed by atoms with van der Waals surface area (Å²) in [7, 11) is 9.86. The van der Waals surface area contributed by atoms with Gasteiger partial charge in [-0.05, 0) is 28.0 Å². The van der Waals surface area contributed by atoms with Gasteiger partial charge in [-0.3, -0.25) is 0 Å². The predicted molar refractivity (Wildman–Crippen MR) is 99.6 cm³/mol. The van der Waals surface area contributed by atoms with Crippen molar-refractivity contribution in [2.75, 3.05) is 34.2 Å². The predicted octanol–water partition coefficient (Wildman–Crippen LogP) is 3.91. The second-order valence-electron chi connectivity index (χ2n) is 4.99. The molecule has 0 radical (unpaired) electrons. The molecule has 0 spiro atoms. The average Bonchev–Trinajstić information content (AvgIpc) is 2.88. The highest BCUT2D eigenvalue weighted by atomic mass is 79.9. The first-order chi connectivity index (χ1) is 9.10. The van der Waals surface area contributed by atoms with Crippen molar-refractivity contribution in [3.63, 3.8) is 0 Å². The van der Waals surface area contributed by atoms with Crippen LogP contribution in [0.1, 0.15) is 39.5 Å². The highest BCUT2D eigenvalue weighted by molar-refractivity contribution is 8.93. The van der Waals surface area contributed by atoms with Crippen molar-refractivity contribution in [1.82, 2.24) is 14.9 Å². The smallest absolute Gasteiger partial charge is 0.174 e. The zero-order valence-electron chi connectivity index (χ0n) is 13.3. The van der Waals surface area contributed by atoms with Gasteiger partial charge in [0.1, 0.15) is 0 Å². The van der Waals surface area contributed by atoms with Crippen LogP contribution in [-0.2, 0) is 0 Å². The van der Waals surface area contributed by atoms with E-state index in [1.54, 1.807) is 10.8 Å². The molecule has 0 saturated heterocycles. The van der Waals surface area contributed by atoms with Crippen LogP contribution in [0, 0.1) is 0 Å². The zero-order valence-corrected chi connectivity index (χ0v) is 16.7. The molecule has 20 heavy (non-hydrogen) atoms. The molecule has 0 aromatic rings. The maximum atomic E-state index is 4.75. The van der Waals surface area contributed by atoms with Crippen molar-refractivity contribution in [3.8, 4) is 0 Å². The molecule has 0 aromatic carbocycles. The third kappa shape index (κ3) is 6.56. The van der Waals surface area contributed by atoms with Gasteiger partial charge in [0.05, 0.1) is 0 Å². The van der Waals surface area contributed by atoms with E-state index in [0.717, 1.165) is 18.3 Å². The molecule has 0 aliphatic carbocycles. The van der Waals surface area contributed by atoms with E-state index >= 15 is 0 Å². The van der Waals surface area contributed by atoms with Gasteiger partial charge in [-0.15, -0.1) is 17.0 Å². The van der Waals surface area contributed by atoms with Gasteiger partial charge in [0.15, 0.2) is 10.7 Å². The van der Waals surface area contributed by atoms with E-state index in [-0.39, 0.29) is 22.5 Å². The van der Waals surface area contributed by atoms with Gasteiger partial charge >= 0.3 is 0 Å². The highest BCUT2D eigenvalue weighted by Crippen LogP contribution is 2.38. The number of amidine groups is 1. The molecular weight excluding hydrogens is 356 g/mol. The molecule has 0 aromatic heterocycles. The van der Waals surface area contributed by atoms with Crippen LogP contribution < -0.4 is 0 Å². The van der Waals surface area contributed by atoms with Crippen LogP contribution in [0.5, 0.6) is 0 Å². The minimum absolute atomic E-state index is 0. The number of hydrazine groups is 1. The molecule has 0 N–H and O–H groups in total. The lowest BCUT2D eigenvalue weighted by Gasteiger charge is -2.33. The lowest BCUT2D eigenvalue weighted by molar-refractivity contribution is -0.00450. The standard InChI is InChI=1S/C13H28N4S2.BrH/c1-6-8-9-10-11-17(7-2)16(5)13-14-12(15(3)4)18-19-13;/h13H,6-11H2,1-5H3;1H. The Kier molecular flexibility index (Phi) is 11.5. The van der Waals surface area contributed by atoms with E-state index in [1.807, 2.05) is 10.8 Å². The summed E-state index contributed by atoms with van der Waals surface area (Å²) in [5.74, 6) is 0. The molecule has 1 rings (SSSR count). The Hall–Kier alpha value is 0.570. The van der Waals surface area contributed by atoms with E-state index in [4.69, 9.17) is 4.99 Å². The molecular formula is C13H29BrN4S2. The molecule has 120 valence electrons. The summed E-state index contributed by atoms with van der Waals surface area (Å²) in [4.78, 5) is 6.84. The van der Waals surface area contributed by atoms with Crippen molar-refractivity contribution in [1.29, 1.82) is 0 Å². The first kappa shape index (κ1) is 20.6. The first-order valence-electron chi connectivity index (χ1n) is 7.16. The van der Waals surface area contributed by atoms with E-state index in [0.29, 0.717) is 0 Å². The molecule has 1 aliphatic heterocycles. The van der Waals surface area contributed by atoms with E-state index in [2.05, 4.69) is 49.9 Å². The van der Waals surface area contributed by atoms with Gasteiger partial charge in [-0.25, -0.2) is 15.0 Å². The second kappa shape index (κ2) is 11.2. The Balaban J connectivity index is 0.00000361. The molecule has 1 atom stereocenters. The molecule has 0 amide bonds. The van der Waals surface area contributed by atoms with Gasteiger partial charge in [-0.2, -0.15) is 0 Å². The van der Waals surface area contributed by atoms with Crippen LogP contribution in [-0.4, -0.2) is 59.8 Å². The molecule has 1 unspecified atom stereocenters. The topological polar surface area (TPSA) is 22.1 Å². The van der Waals surface area contributed by atoms with E-state index < -0.39 is 0 Å². The maximum Gasteiger partial charge on any atom is 0.174 e. The Bertz CT molecular complexity index is 290. The molecule has 7 heteroatoms. The minimum atomic E-state index is 0. The maximum absolute atomic E-state index is 4.75. The second-order valence-corrected chi connectivity index (χ2v) is 7.22. The van der Waals surface area contributed by atoms with Gasteiger partial charge in [0, 0.05) is 34.2 Å². The molecule has 4 nitrogen and oxygen atoms in total. The van der Waals surface area contributed by atoms with Crippen LogP contribution in [0.25, 0.3) is 0 Å². The average molecular weight is 385 g/mol. The lowest BCUT2D eigenvalue weighted by Crippen LogP contribution is -2.44. The Morgan fingerprint density at radius 3 is 2.30 bits per heavy atom. The molecule has 0 saturated carbocycles. The molecule has 0 fully saturated rings.